The Morgan fingerprint density at radius 1 is 1.50 bits per heavy atom. The molecule has 5 heteroatoms. The van der Waals surface area contributed by atoms with Gasteiger partial charge in [-0.15, -0.1) is 0 Å². The zero-order valence-electron chi connectivity index (χ0n) is 12.1. The molecule has 0 saturated carbocycles. The highest BCUT2D eigenvalue weighted by Crippen LogP contribution is 2.16. The topological polar surface area (TPSA) is 71.2 Å². The fourth-order valence-corrected chi connectivity index (χ4v) is 2.64. The van der Waals surface area contributed by atoms with Crippen LogP contribution in [0.5, 0.6) is 0 Å². The number of aromatic nitrogens is 1. The zero-order valence-corrected chi connectivity index (χ0v) is 12.1. The minimum Gasteiger partial charge on any atom is -0.381 e. The Kier molecular flexibility index (Phi) is 4.95. The molecule has 0 aliphatic carbocycles. The molecular formula is C15H22N2O3. The Bertz CT molecular complexity index is 530. The molecule has 0 aromatic carbocycles. The Hall–Kier alpha value is -1.62. The van der Waals surface area contributed by atoms with Crippen LogP contribution in [0.4, 0.5) is 0 Å². The first-order valence-corrected chi connectivity index (χ1v) is 7.14. The van der Waals surface area contributed by atoms with E-state index in [-0.39, 0.29) is 16.9 Å². The van der Waals surface area contributed by atoms with Crippen LogP contribution in [0.3, 0.4) is 0 Å². The summed E-state index contributed by atoms with van der Waals surface area (Å²) in [5.41, 5.74) is 1.38. The van der Waals surface area contributed by atoms with Crippen molar-refractivity contribution in [2.75, 3.05) is 19.8 Å². The fraction of sp³-hybridized carbons (Fsp3) is 0.600. The third-order valence-electron chi connectivity index (χ3n) is 3.67. The molecule has 1 aromatic heterocycles. The van der Waals surface area contributed by atoms with Crippen molar-refractivity contribution >= 4 is 5.91 Å². The number of aromatic amines is 1. The predicted molar refractivity (Wildman–Crippen MR) is 77.0 cm³/mol. The molecule has 1 atom stereocenters. The lowest BCUT2D eigenvalue weighted by Crippen LogP contribution is -2.32. The first-order valence-electron chi connectivity index (χ1n) is 7.14. The van der Waals surface area contributed by atoms with Crippen LogP contribution in [0.2, 0.25) is 0 Å². The van der Waals surface area contributed by atoms with Crippen LogP contribution in [0.15, 0.2) is 10.9 Å². The van der Waals surface area contributed by atoms with Crippen LogP contribution in [0, 0.1) is 19.8 Å². The standard InChI is InChI=1S/C15H22N2O3/c1-10-8-13(18)14(11(2)17-10)15(19)16-6-5-12-4-3-7-20-9-12/h8,12H,3-7,9H2,1-2H3,(H,16,19)(H,17,18)/t12-/m1/s1. The molecule has 2 rings (SSSR count). The van der Waals surface area contributed by atoms with E-state index >= 15 is 0 Å². The van der Waals surface area contributed by atoms with E-state index in [2.05, 4.69) is 10.3 Å². The summed E-state index contributed by atoms with van der Waals surface area (Å²) in [6.45, 7) is 5.76. The van der Waals surface area contributed by atoms with E-state index in [0.717, 1.165) is 38.2 Å². The van der Waals surface area contributed by atoms with Gasteiger partial charge in [0.15, 0.2) is 5.43 Å². The smallest absolute Gasteiger partial charge is 0.257 e. The van der Waals surface area contributed by atoms with Crippen molar-refractivity contribution in [2.45, 2.75) is 33.1 Å². The van der Waals surface area contributed by atoms with Gasteiger partial charge in [0.2, 0.25) is 0 Å². The Labute approximate surface area is 118 Å². The molecule has 1 amide bonds. The van der Waals surface area contributed by atoms with Crippen molar-refractivity contribution in [1.29, 1.82) is 0 Å². The summed E-state index contributed by atoms with van der Waals surface area (Å²) < 4.78 is 5.41. The lowest BCUT2D eigenvalue weighted by atomic mass is 9.99. The normalized spacial score (nSPS) is 18.8. The van der Waals surface area contributed by atoms with Gasteiger partial charge in [0.05, 0.1) is 0 Å². The number of H-pyrrole nitrogens is 1. The maximum Gasteiger partial charge on any atom is 0.257 e. The van der Waals surface area contributed by atoms with Crippen LogP contribution in [0.25, 0.3) is 0 Å². The van der Waals surface area contributed by atoms with E-state index in [1.54, 1.807) is 13.8 Å². The molecule has 0 bridgehead atoms. The Morgan fingerprint density at radius 3 is 2.95 bits per heavy atom. The molecular weight excluding hydrogens is 256 g/mol. The van der Waals surface area contributed by atoms with Crippen molar-refractivity contribution in [2.24, 2.45) is 5.92 Å². The molecule has 1 aliphatic heterocycles. The molecule has 2 N–H and O–H groups in total. The molecule has 0 unspecified atom stereocenters. The van der Waals surface area contributed by atoms with Gasteiger partial charge in [0, 0.05) is 37.2 Å². The summed E-state index contributed by atoms with van der Waals surface area (Å²) >= 11 is 0. The molecule has 2 heterocycles. The first-order chi connectivity index (χ1) is 9.58. The van der Waals surface area contributed by atoms with Crippen LogP contribution in [-0.2, 0) is 4.74 Å². The second-order valence-electron chi connectivity index (χ2n) is 5.44. The third-order valence-corrected chi connectivity index (χ3v) is 3.67. The minimum absolute atomic E-state index is 0.218. The molecule has 0 radical (unpaired) electrons. The molecule has 5 nitrogen and oxygen atoms in total. The maximum atomic E-state index is 12.1. The van der Waals surface area contributed by atoms with Crippen molar-refractivity contribution in [3.8, 4) is 0 Å². The third kappa shape index (κ3) is 3.70. The Morgan fingerprint density at radius 2 is 2.30 bits per heavy atom. The lowest BCUT2D eigenvalue weighted by Gasteiger charge is -2.21. The van der Waals surface area contributed by atoms with Crippen molar-refractivity contribution in [3.05, 3.63) is 33.2 Å². The summed E-state index contributed by atoms with van der Waals surface area (Å²) in [5.74, 6) is 0.224. The van der Waals surface area contributed by atoms with Crippen molar-refractivity contribution in [1.82, 2.24) is 10.3 Å². The average molecular weight is 278 g/mol. The highest BCUT2D eigenvalue weighted by molar-refractivity contribution is 5.95. The second kappa shape index (κ2) is 6.70. The fourth-order valence-electron chi connectivity index (χ4n) is 2.64. The molecule has 1 aromatic rings. The van der Waals surface area contributed by atoms with E-state index < -0.39 is 0 Å². The molecule has 1 fully saturated rings. The van der Waals surface area contributed by atoms with Crippen molar-refractivity contribution in [3.63, 3.8) is 0 Å². The summed E-state index contributed by atoms with van der Waals surface area (Å²) in [6.07, 6.45) is 3.14. The van der Waals surface area contributed by atoms with E-state index in [0.29, 0.717) is 18.2 Å². The van der Waals surface area contributed by atoms with Crippen LogP contribution >= 0.6 is 0 Å². The van der Waals surface area contributed by atoms with Gasteiger partial charge in [0.1, 0.15) is 5.56 Å². The highest BCUT2D eigenvalue weighted by atomic mass is 16.5. The van der Waals surface area contributed by atoms with Crippen LogP contribution in [-0.4, -0.2) is 30.6 Å². The summed E-state index contributed by atoms with van der Waals surface area (Å²) in [5, 5.41) is 2.83. The number of rotatable bonds is 4. The number of amides is 1. The van der Waals surface area contributed by atoms with Crippen LogP contribution < -0.4 is 10.7 Å². The number of pyridine rings is 1. The quantitative estimate of drug-likeness (QED) is 0.877. The number of hydrogen-bond donors (Lipinski definition) is 2. The second-order valence-corrected chi connectivity index (χ2v) is 5.44. The van der Waals surface area contributed by atoms with Gasteiger partial charge in [-0.2, -0.15) is 0 Å². The number of carbonyl (C=O) groups excluding carboxylic acids is 1. The summed E-state index contributed by atoms with van der Waals surface area (Å²) in [6, 6.07) is 1.46. The molecule has 0 spiro atoms. The summed E-state index contributed by atoms with van der Waals surface area (Å²) in [7, 11) is 0. The van der Waals surface area contributed by atoms with Gasteiger partial charge in [-0.25, -0.2) is 0 Å². The lowest BCUT2D eigenvalue weighted by molar-refractivity contribution is 0.0514. The molecule has 1 aliphatic rings. The number of carbonyl (C=O) groups is 1. The Balaban J connectivity index is 1.90. The van der Waals surface area contributed by atoms with E-state index in [4.69, 9.17) is 4.74 Å². The number of aryl methyl sites for hydroxylation is 2. The van der Waals surface area contributed by atoms with Gasteiger partial charge in [-0.3, -0.25) is 9.59 Å². The summed E-state index contributed by atoms with van der Waals surface area (Å²) in [4.78, 5) is 27.0. The van der Waals surface area contributed by atoms with Gasteiger partial charge in [0.25, 0.3) is 5.91 Å². The predicted octanol–water partition coefficient (Wildman–Crippen LogP) is 1.54. The zero-order chi connectivity index (χ0) is 14.5. The van der Waals surface area contributed by atoms with Gasteiger partial charge in [-0.1, -0.05) is 0 Å². The van der Waals surface area contributed by atoms with E-state index in [1.165, 1.54) is 6.07 Å². The van der Waals surface area contributed by atoms with Gasteiger partial charge in [-0.05, 0) is 39.0 Å². The van der Waals surface area contributed by atoms with E-state index in [9.17, 15) is 9.59 Å². The van der Waals surface area contributed by atoms with Gasteiger partial charge < -0.3 is 15.0 Å². The molecule has 20 heavy (non-hydrogen) atoms. The molecule has 110 valence electrons. The average Bonchev–Trinajstić information content (AvgIpc) is 2.38. The van der Waals surface area contributed by atoms with Crippen molar-refractivity contribution < 1.29 is 9.53 Å². The molecule has 1 saturated heterocycles. The monoisotopic (exact) mass is 278 g/mol. The number of ether oxygens (including phenoxy) is 1. The van der Waals surface area contributed by atoms with Crippen LogP contribution in [0.1, 0.15) is 41.0 Å². The van der Waals surface area contributed by atoms with E-state index in [1.807, 2.05) is 0 Å². The largest absolute Gasteiger partial charge is 0.381 e. The maximum absolute atomic E-state index is 12.1. The number of hydrogen-bond acceptors (Lipinski definition) is 3. The highest BCUT2D eigenvalue weighted by Gasteiger charge is 2.16. The number of nitrogens with one attached hydrogen (secondary N) is 2. The minimum atomic E-state index is -0.291. The first kappa shape index (κ1) is 14.8. The van der Waals surface area contributed by atoms with Gasteiger partial charge >= 0.3 is 0 Å². The SMILES string of the molecule is Cc1cc(=O)c(C(=O)NCC[C@H]2CCCOC2)c(C)[nH]1.